The lowest BCUT2D eigenvalue weighted by atomic mass is 9.93. The van der Waals surface area contributed by atoms with E-state index in [9.17, 15) is 9.59 Å². The van der Waals surface area contributed by atoms with E-state index in [1.165, 1.54) is 0 Å². The van der Waals surface area contributed by atoms with E-state index in [2.05, 4.69) is 27.8 Å². The molecular formula is C28H27N5O3. The molecule has 5 rings (SSSR count). The van der Waals surface area contributed by atoms with Crippen LogP contribution in [0.25, 0.3) is 16.8 Å². The van der Waals surface area contributed by atoms with E-state index in [1.807, 2.05) is 42.5 Å². The Kier molecular flexibility index (Phi) is 6.73. The molecule has 0 radical (unpaired) electrons. The lowest BCUT2D eigenvalue weighted by molar-refractivity contribution is 0.0922. The molecule has 182 valence electrons. The fourth-order valence-electron chi connectivity index (χ4n) is 4.59. The molecule has 1 amide bonds. The molecule has 0 saturated heterocycles. The number of fused-ring (bicyclic) bond motifs is 1. The number of benzene rings is 3. The Balaban J connectivity index is 1.42. The fraction of sp³-hybridized carbons (Fsp3) is 0.179. The Morgan fingerprint density at radius 1 is 1.11 bits per heavy atom. The zero-order valence-electron chi connectivity index (χ0n) is 19.6. The molecular weight excluding hydrogens is 454 g/mol. The average molecular weight is 482 g/mol. The molecule has 4 aromatic rings. The molecule has 0 spiro atoms. The second-order valence-corrected chi connectivity index (χ2v) is 8.68. The Labute approximate surface area is 208 Å². The molecule has 0 bridgehead atoms. The van der Waals surface area contributed by atoms with Gasteiger partial charge >= 0.3 is 0 Å². The molecule has 8 nitrogen and oxygen atoms in total. The molecule has 5 N–H and O–H groups in total. The molecule has 0 aliphatic carbocycles. The van der Waals surface area contributed by atoms with Crippen LogP contribution in [0.4, 0.5) is 0 Å². The van der Waals surface area contributed by atoms with Gasteiger partial charge in [-0.05, 0) is 40.5 Å². The Hall–Kier alpha value is -4.11. The number of Topliss-reactive ketones (excluding diaryl/α,β-unsaturated/α-hetero) is 1. The number of nitrogens with two attached hydrogens (primary N) is 1. The van der Waals surface area contributed by atoms with Gasteiger partial charge in [-0.15, -0.1) is 0 Å². The number of amides is 1. The number of carbonyl (C=O) groups excluding carboxylic acids is 2. The first-order chi connectivity index (χ1) is 17.6. The monoisotopic (exact) mass is 481 g/mol. The van der Waals surface area contributed by atoms with E-state index in [1.54, 1.807) is 29.1 Å². The van der Waals surface area contributed by atoms with E-state index in [4.69, 9.17) is 10.8 Å². The minimum absolute atomic E-state index is 0.0837. The van der Waals surface area contributed by atoms with Crippen molar-refractivity contribution in [2.75, 3.05) is 13.2 Å². The van der Waals surface area contributed by atoms with Gasteiger partial charge in [-0.1, -0.05) is 54.6 Å². The van der Waals surface area contributed by atoms with Crippen molar-refractivity contribution in [2.45, 2.75) is 19.1 Å². The van der Waals surface area contributed by atoms with Crippen LogP contribution in [0, 0.1) is 0 Å². The first kappa shape index (κ1) is 23.6. The number of aliphatic hydroxyl groups is 1. The maximum Gasteiger partial charge on any atom is 0.248 e. The highest BCUT2D eigenvalue weighted by atomic mass is 16.3. The summed E-state index contributed by atoms with van der Waals surface area (Å²) >= 11 is 0. The number of hydrogen-bond donors (Lipinski definition) is 4. The summed E-state index contributed by atoms with van der Waals surface area (Å²) in [5, 5.41) is 15.6. The maximum absolute atomic E-state index is 13.6. The van der Waals surface area contributed by atoms with Crippen molar-refractivity contribution >= 4 is 11.7 Å². The molecule has 8 heteroatoms. The zero-order chi connectivity index (χ0) is 25.1. The van der Waals surface area contributed by atoms with Gasteiger partial charge in [0.2, 0.25) is 11.7 Å². The third-order valence-corrected chi connectivity index (χ3v) is 6.40. The summed E-state index contributed by atoms with van der Waals surface area (Å²) < 4.78 is 1.72. The quantitative estimate of drug-likeness (QED) is 0.287. The molecule has 36 heavy (non-hydrogen) atoms. The number of aromatic nitrogens is 2. The lowest BCUT2D eigenvalue weighted by Crippen LogP contribution is -2.35. The van der Waals surface area contributed by atoms with Crippen molar-refractivity contribution in [3.05, 3.63) is 107 Å². The van der Waals surface area contributed by atoms with E-state index >= 15 is 0 Å². The Morgan fingerprint density at radius 3 is 2.69 bits per heavy atom. The van der Waals surface area contributed by atoms with Gasteiger partial charge in [-0.25, -0.2) is 4.98 Å². The predicted molar refractivity (Wildman–Crippen MR) is 137 cm³/mol. The SMILES string of the molecule is NC(=O)c1cccc(-n2cnc3c2C(=O)C(c2ccc(-c4ccccc4CNCCO)cc2)NC3)c1. The van der Waals surface area contributed by atoms with Gasteiger partial charge in [0, 0.05) is 30.9 Å². The van der Waals surface area contributed by atoms with E-state index < -0.39 is 11.9 Å². The number of rotatable bonds is 8. The molecule has 1 atom stereocenters. The van der Waals surface area contributed by atoms with Gasteiger partial charge in [0.1, 0.15) is 12.0 Å². The Bertz CT molecular complexity index is 1410. The number of imidazole rings is 1. The number of aliphatic hydroxyl groups excluding tert-OH is 1. The minimum Gasteiger partial charge on any atom is -0.395 e. The van der Waals surface area contributed by atoms with E-state index in [0.717, 1.165) is 22.3 Å². The number of primary amides is 1. The highest BCUT2D eigenvalue weighted by molar-refractivity contribution is 6.02. The summed E-state index contributed by atoms with van der Waals surface area (Å²) in [7, 11) is 0. The van der Waals surface area contributed by atoms with Crippen molar-refractivity contribution in [2.24, 2.45) is 5.73 Å². The van der Waals surface area contributed by atoms with Crippen LogP contribution in [-0.4, -0.2) is 39.5 Å². The normalized spacial score (nSPS) is 15.0. The van der Waals surface area contributed by atoms with Crippen molar-refractivity contribution < 1.29 is 14.7 Å². The summed E-state index contributed by atoms with van der Waals surface area (Å²) in [6, 6.07) is 22.5. The summed E-state index contributed by atoms with van der Waals surface area (Å²) in [5.74, 6) is -0.609. The van der Waals surface area contributed by atoms with Crippen LogP contribution in [0.2, 0.25) is 0 Å². The van der Waals surface area contributed by atoms with Crippen molar-refractivity contribution in [1.82, 2.24) is 20.2 Å². The van der Waals surface area contributed by atoms with Crippen molar-refractivity contribution in [3.63, 3.8) is 0 Å². The van der Waals surface area contributed by atoms with Gasteiger partial charge in [-0.2, -0.15) is 0 Å². The molecule has 0 saturated carbocycles. The van der Waals surface area contributed by atoms with Gasteiger partial charge in [0.05, 0.1) is 18.3 Å². The highest BCUT2D eigenvalue weighted by Crippen LogP contribution is 2.30. The molecule has 1 aliphatic heterocycles. The minimum atomic E-state index is -0.525. The topological polar surface area (TPSA) is 122 Å². The van der Waals surface area contributed by atoms with Gasteiger partial charge in [0.15, 0.2) is 0 Å². The van der Waals surface area contributed by atoms with Crippen LogP contribution in [0.3, 0.4) is 0 Å². The summed E-state index contributed by atoms with van der Waals surface area (Å²) in [6.45, 7) is 1.74. The molecule has 0 fully saturated rings. The number of carbonyl (C=O) groups is 2. The average Bonchev–Trinajstić information content (AvgIpc) is 3.35. The molecule has 1 aliphatic rings. The van der Waals surface area contributed by atoms with Gasteiger partial charge in [0.25, 0.3) is 0 Å². The summed E-state index contributed by atoms with van der Waals surface area (Å²) in [6.07, 6.45) is 1.61. The second-order valence-electron chi connectivity index (χ2n) is 8.68. The summed E-state index contributed by atoms with van der Waals surface area (Å²) in [5.41, 5.74) is 11.8. The van der Waals surface area contributed by atoms with E-state index in [0.29, 0.717) is 42.3 Å². The van der Waals surface area contributed by atoms with Gasteiger partial charge < -0.3 is 16.2 Å². The van der Waals surface area contributed by atoms with Crippen LogP contribution in [0.15, 0.2) is 79.1 Å². The third-order valence-electron chi connectivity index (χ3n) is 6.40. The number of nitrogens with one attached hydrogen (secondary N) is 2. The Morgan fingerprint density at radius 2 is 1.92 bits per heavy atom. The number of hydrogen-bond acceptors (Lipinski definition) is 6. The molecule has 1 aromatic heterocycles. The van der Waals surface area contributed by atoms with E-state index in [-0.39, 0.29) is 12.4 Å². The number of nitrogens with zero attached hydrogens (tertiary/aromatic N) is 2. The largest absolute Gasteiger partial charge is 0.395 e. The van der Waals surface area contributed by atoms with Gasteiger partial charge in [-0.3, -0.25) is 19.5 Å². The van der Waals surface area contributed by atoms with Crippen LogP contribution in [-0.2, 0) is 13.1 Å². The predicted octanol–water partition coefficient (Wildman–Crippen LogP) is 2.75. The highest BCUT2D eigenvalue weighted by Gasteiger charge is 2.32. The van der Waals surface area contributed by atoms with Crippen LogP contribution in [0.5, 0.6) is 0 Å². The zero-order valence-corrected chi connectivity index (χ0v) is 19.6. The molecule has 2 heterocycles. The van der Waals surface area contributed by atoms with Crippen LogP contribution >= 0.6 is 0 Å². The lowest BCUT2D eigenvalue weighted by Gasteiger charge is -2.24. The van der Waals surface area contributed by atoms with Crippen molar-refractivity contribution in [3.8, 4) is 16.8 Å². The van der Waals surface area contributed by atoms with Crippen LogP contribution < -0.4 is 16.4 Å². The third kappa shape index (κ3) is 4.57. The van der Waals surface area contributed by atoms with Crippen LogP contribution in [0.1, 0.15) is 43.7 Å². The first-order valence-electron chi connectivity index (χ1n) is 11.8. The maximum atomic E-state index is 13.6. The second kappa shape index (κ2) is 10.2. The fourth-order valence-corrected chi connectivity index (χ4v) is 4.59. The standard InChI is InChI=1S/C28H27N5O3/c29-28(36)20-5-3-6-22(14-20)33-17-32-24-16-31-25(27(35)26(24)33)19-10-8-18(9-11-19)23-7-2-1-4-21(23)15-30-12-13-34/h1-11,14,17,25,30-31,34H,12-13,15-16H2,(H2,29,36). The first-order valence-corrected chi connectivity index (χ1v) is 11.8. The smallest absolute Gasteiger partial charge is 0.248 e. The molecule has 1 unspecified atom stereocenters. The number of ketones is 1. The van der Waals surface area contributed by atoms with Crippen molar-refractivity contribution in [1.29, 1.82) is 0 Å². The molecule has 3 aromatic carbocycles. The summed E-state index contributed by atoms with van der Waals surface area (Å²) in [4.78, 5) is 29.7.